The van der Waals surface area contributed by atoms with Gasteiger partial charge in [0.15, 0.2) is 0 Å². The summed E-state index contributed by atoms with van der Waals surface area (Å²) in [6.07, 6.45) is 4.20. The third-order valence-electron chi connectivity index (χ3n) is 5.12. The number of amides is 1. The van der Waals surface area contributed by atoms with Crippen LogP contribution in [0.3, 0.4) is 0 Å². The van der Waals surface area contributed by atoms with Crippen molar-refractivity contribution < 1.29 is 4.79 Å². The molecular weight excluding hydrogens is 368 g/mol. The van der Waals surface area contributed by atoms with Crippen molar-refractivity contribution in [1.82, 2.24) is 20.0 Å². The van der Waals surface area contributed by atoms with E-state index >= 15 is 0 Å². The van der Waals surface area contributed by atoms with Gasteiger partial charge in [-0.05, 0) is 43.1 Å². The Morgan fingerprint density at radius 2 is 2.12 bits per heavy atom. The highest BCUT2D eigenvalue weighted by Crippen LogP contribution is 2.31. The molecule has 0 aliphatic carbocycles. The quantitative estimate of drug-likeness (QED) is 0.872. The van der Waals surface area contributed by atoms with Crippen LogP contribution in [0.2, 0.25) is 5.02 Å². The Labute approximate surface area is 163 Å². The van der Waals surface area contributed by atoms with Gasteiger partial charge in [0, 0.05) is 35.8 Å². The molecule has 0 bridgehead atoms. The summed E-state index contributed by atoms with van der Waals surface area (Å²) < 4.78 is 1.95. The molecule has 2 aliphatic rings. The van der Waals surface area contributed by atoms with Gasteiger partial charge in [-0.25, -0.2) is 0 Å². The fourth-order valence-electron chi connectivity index (χ4n) is 3.67. The van der Waals surface area contributed by atoms with Gasteiger partial charge < -0.3 is 10.2 Å². The van der Waals surface area contributed by atoms with Crippen LogP contribution in [-0.4, -0.2) is 51.7 Å². The third-order valence-corrected chi connectivity index (χ3v) is 6.39. The molecule has 3 heterocycles. The average molecular weight is 391 g/mol. The van der Waals surface area contributed by atoms with Crippen molar-refractivity contribution >= 4 is 29.3 Å². The van der Waals surface area contributed by atoms with E-state index < -0.39 is 0 Å². The zero-order valence-corrected chi connectivity index (χ0v) is 16.2. The fraction of sp³-hybridized carbons (Fsp3) is 0.474. The highest BCUT2D eigenvalue weighted by atomic mass is 35.5. The molecule has 26 heavy (non-hydrogen) atoms. The van der Waals surface area contributed by atoms with E-state index in [0.29, 0.717) is 11.7 Å². The highest BCUT2D eigenvalue weighted by molar-refractivity contribution is 7.99. The van der Waals surface area contributed by atoms with E-state index in [9.17, 15) is 4.79 Å². The summed E-state index contributed by atoms with van der Waals surface area (Å²) in [4.78, 5) is 15.1. The summed E-state index contributed by atoms with van der Waals surface area (Å²) in [6.45, 7) is 2.73. The second kappa shape index (κ2) is 8.03. The van der Waals surface area contributed by atoms with E-state index in [2.05, 4.69) is 10.4 Å². The molecule has 1 aromatic heterocycles. The lowest BCUT2D eigenvalue weighted by Crippen LogP contribution is -2.41. The topological polar surface area (TPSA) is 50.2 Å². The molecule has 2 unspecified atom stereocenters. The predicted molar refractivity (Wildman–Crippen MR) is 106 cm³/mol. The second-order valence-corrected chi connectivity index (χ2v) is 8.41. The maximum Gasteiger partial charge on any atom is 0.274 e. The number of carbonyl (C=O) groups is 1. The van der Waals surface area contributed by atoms with E-state index in [4.69, 9.17) is 11.6 Å². The molecule has 1 aromatic carbocycles. The highest BCUT2D eigenvalue weighted by Gasteiger charge is 2.30. The number of piperidine rings is 1. The number of aromatic nitrogens is 2. The summed E-state index contributed by atoms with van der Waals surface area (Å²) in [5, 5.41) is 8.72. The molecule has 138 valence electrons. The number of carbonyl (C=O) groups excluding carboxylic acids is 1. The molecule has 2 saturated heterocycles. The Morgan fingerprint density at radius 3 is 2.88 bits per heavy atom. The average Bonchev–Trinajstić information content (AvgIpc) is 3.19. The SMILES string of the molecule is O=C(c1ccn(C2CCCNC2)n1)N1CCSCC1c1ccc(Cl)cc1. The van der Waals surface area contributed by atoms with Crippen LogP contribution in [0.1, 0.15) is 41.0 Å². The van der Waals surface area contributed by atoms with Crippen molar-refractivity contribution in [3.63, 3.8) is 0 Å². The zero-order chi connectivity index (χ0) is 17.9. The first-order valence-corrected chi connectivity index (χ1v) is 10.7. The predicted octanol–water partition coefficient (Wildman–Crippen LogP) is 3.39. The molecular formula is C19H23ClN4OS. The van der Waals surface area contributed by atoms with Crippen molar-refractivity contribution in [1.29, 1.82) is 0 Å². The van der Waals surface area contributed by atoms with Gasteiger partial charge in [-0.3, -0.25) is 9.48 Å². The Hall–Kier alpha value is -1.50. The lowest BCUT2D eigenvalue weighted by molar-refractivity contribution is 0.0694. The summed E-state index contributed by atoms with van der Waals surface area (Å²) >= 11 is 7.90. The Kier molecular flexibility index (Phi) is 5.52. The number of benzene rings is 1. The van der Waals surface area contributed by atoms with Crippen LogP contribution < -0.4 is 5.32 Å². The largest absolute Gasteiger partial charge is 0.329 e. The number of thioether (sulfide) groups is 1. The molecule has 1 N–H and O–H groups in total. The number of halogens is 1. The minimum atomic E-state index is 0.0211. The molecule has 4 rings (SSSR count). The smallest absolute Gasteiger partial charge is 0.274 e. The minimum absolute atomic E-state index is 0.0211. The Balaban J connectivity index is 1.53. The van der Waals surface area contributed by atoms with E-state index in [0.717, 1.165) is 54.6 Å². The molecule has 0 saturated carbocycles. The maximum atomic E-state index is 13.1. The number of nitrogens with one attached hydrogen (secondary N) is 1. The molecule has 1 amide bonds. The van der Waals surface area contributed by atoms with Crippen LogP contribution in [0.15, 0.2) is 36.5 Å². The van der Waals surface area contributed by atoms with Gasteiger partial charge in [-0.2, -0.15) is 16.9 Å². The van der Waals surface area contributed by atoms with E-state index in [1.54, 1.807) is 0 Å². The Bertz CT molecular complexity index is 757. The normalized spacial score (nSPS) is 23.8. The third kappa shape index (κ3) is 3.77. The first kappa shape index (κ1) is 17.9. The van der Waals surface area contributed by atoms with Crippen molar-refractivity contribution in [3.8, 4) is 0 Å². The number of nitrogens with zero attached hydrogens (tertiary/aromatic N) is 3. The molecule has 2 aromatic rings. The van der Waals surface area contributed by atoms with E-state index in [1.165, 1.54) is 0 Å². The molecule has 2 atom stereocenters. The number of hydrogen-bond acceptors (Lipinski definition) is 4. The van der Waals surface area contributed by atoms with E-state index in [-0.39, 0.29) is 11.9 Å². The van der Waals surface area contributed by atoms with Crippen LogP contribution in [0.5, 0.6) is 0 Å². The lowest BCUT2D eigenvalue weighted by atomic mass is 10.1. The summed E-state index contributed by atoms with van der Waals surface area (Å²) in [5.74, 6) is 1.89. The van der Waals surface area contributed by atoms with Crippen molar-refractivity contribution in [2.24, 2.45) is 0 Å². The van der Waals surface area contributed by atoms with Gasteiger partial charge in [-0.15, -0.1) is 0 Å². The van der Waals surface area contributed by atoms with Crippen LogP contribution in [0.4, 0.5) is 0 Å². The lowest BCUT2D eigenvalue weighted by Gasteiger charge is -2.35. The first-order valence-electron chi connectivity index (χ1n) is 9.12. The maximum absolute atomic E-state index is 13.1. The Morgan fingerprint density at radius 1 is 1.27 bits per heavy atom. The first-order chi connectivity index (χ1) is 12.7. The van der Waals surface area contributed by atoms with Gasteiger partial charge in [0.05, 0.1) is 12.1 Å². The van der Waals surface area contributed by atoms with Crippen molar-refractivity contribution in [3.05, 3.63) is 52.8 Å². The summed E-state index contributed by atoms with van der Waals surface area (Å²) in [7, 11) is 0. The summed E-state index contributed by atoms with van der Waals surface area (Å²) in [5.41, 5.74) is 1.67. The van der Waals surface area contributed by atoms with Crippen LogP contribution in [-0.2, 0) is 0 Å². The van der Waals surface area contributed by atoms with Crippen LogP contribution in [0.25, 0.3) is 0 Å². The van der Waals surface area contributed by atoms with Gasteiger partial charge in [-0.1, -0.05) is 23.7 Å². The van der Waals surface area contributed by atoms with Gasteiger partial charge in [0.2, 0.25) is 0 Å². The van der Waals surface area contributed by atoms with Gasteiger partial charge >= 0.3 is 0 Å². The number of hydrogen-bond donors (Lipinski definition) is 1. The second-order valence-electron chi connectivity index (χ2n) is 6.82. The number of rotatable bonds is 3. The van der Waals surface area contributed by atoms with Crippen molar-refractivity contribution in [2.45, 2.75) is 24.9 Å². The van der Waals surface area contributed by atoms with Crippen LogP contribution in [0, 0.1) is 0 Å². The molecule has 5 nitrogen and oxygen atoms in total. The fourth-order valence-corrected chi connectivity index (χ4v) is 4.88. The van der Waals surface area contributed by atoms with Gasteiger partial charge in [0.1, 0.15) is 5.69 Å². The van der Waals surface area contributed by atoms with Crippen molar-refractivity contribution in [2.75, 3.05) is 31.1 Å². The summed E-state index contributed by atoms with van der Waals surface area (Å²) in [6, 6.07) is 10.1. The monoisotopic (exact) mass is 390 g/mol. The molecule has 0 spiro atoms. The minimum Gasteiger partial charge on any atom is -0.329 e. The molecule has 2 aliphatic heterocycles. The molecule has 2 fully saturated rings. The van der Waals surface area contributed by atoms with Crippen LogP contribution >= 0.6 is 23.4 Å². The van der Waals surface area contributed by atoms with Gasteiger partial charge in [0.25, 0.3) is 5.91 Å². The molecule has 0 radical (unpaired) electrons. The zero-order valence-electron chi connectivity index (χ0n) is 14.6. The standard InChI is InChI=1S/C19H23ClN4OS/c20-15-5-3-14(4-6-15)18-13-26-11-10-23(18)19(25)17-7-9-24(22-17)16-2-1-8-21-12-16/h3-7,9,16,18,21H,1-2,8,10-13H2. The van der Waals surface area contributed by atoms with E-state index in [1.807, 2.05) is 57.9 Å². The molecule has 7 heteroatoms.